The zero-order valence-electron chi connectivity index (χ0n) is 10.7. The first-order chi connectivity index (χ1) is 9.88. The minimum atomic E-state index is -4.75. The predicted molar refractivity (Wildman–Crippen MR) is 66.3 cm³/mol. The Balaban J connectivity index is 2.06. The molecule has 0 aromatic carbocycles. The molecule has 1 amide bonds. The average Bonchev–Trinajstić information content (AvgIpc) is 2.90. The van der Waals surface area contributed by atoms with Crippen molar-refractivity contribution in [1.29, 1.82) is 0 Å². The van der Waals surface area contributed by atoms with E-state index in [1.54, 1.807) is 12.1 Å². The first-order valence-corrected chi connectivity index (χ1v) is 5.93. The lowest BCUT2D eigenvalue weighted by Gasteiger charge is -2.10. The van der Waals surface area contributed by atoms with Crippen LogP contribution in [0.25, 0.3) is 0 Å². The first-order valence-electron chi connectivity index (χ1n) is 5.93. The molecule has 0 aliphatic rings. The summed E-state index contributed by atoms with van der Waals surface area (Å²) in [5.74, 6) is -0.0902. The second kappa shape index (κ2) is 5.86. The van der Waals surface area contributed by atoms with Crippen molar-refractivity contribution in [1.82, 2.24) is 9.88 Å². The van der Waals surface area contributed by atoms with E-state index in [-0.39, 0.29) is 6.54 Å². The maximum atomic E-state index is 12.6. The number of aromatic nitrogens is 1. The lowest BCUT2D eigenvalue weighted by atomic mass is 10.2. The minimum absolute atomic E-state index is 0.0968. The Kier molecular flexibility index (Phi) is 4.15. The molecule has 5 nitrogen and oxygen atoms in total. The highest BCUT2D eigenvalue weighted by Gasteiger charge is 2.34. The van der Waals surface area contributed by atoms with Crippen molar-refractivity contribution in [3.63, 3.8) is 0 Å². The molecule has 0 saturated heterocycles. The quantitative estimate of drug-likeness (QED) is 0.936. The highest BCUT2D eigenvalue weighted by Crippen LogP contribution is 2.25. The third-order valence-corrected chi connectivity index (χ3v) is 2.68. The lowest BCUT2D eigenvalue weighted by Crippen LogP contribution is -2.34. The zero-order valence-corrected chi connectivity index (χ0v) is 10.7. The fourth-order valence-electron chi connectivity index (χ4n) is 1.69. The number of furan rings is 1. The predicted octanol–water partition coefficient (Wildman–Crippen LogP) is 1.78. The van der Waals surface area contributed by atoms with Gasteiger partial charge in [-0.1, -0.05) is 0 Å². The fourth-order valence-corrected chi connectivity index (χ4v) is 1.69. The van der Waals surface area contributed by atoms with E-state index in [1.165, 1.54) is 6.26 Å². The highest BCUT2D eigenvalue weighted by molar-refractivity contribution is 5.75. The molecule has 8 heteroatoms. The normalized spacial score (nSPS) is 11.4. The Labute approximate surface area is 117 Å². The molecule has 112 valence electrons. The summed E-state index contributed by atoms with van der Waals surface area (Å²) in [7, 11) is 0. The van der Waals surface area contributed by atoms with Gasteiger partial charge in [0.15, 0.2) is 0 Å². The maximum absolute atomic E-state index is 12.6. The number of carbonyl (C=O) groups excluding carboxylic acids is 1. The Morgan fingerprint density at radius 1 is 1.29 bits per heavy atom. The van der Waals surface area contributed by atoms with Gasteiger partial charge in [0.25, 0.3) is 5.56 Å². The van der Waals surface area contributed by atoms with Crippen LogP contribution < -0.4 is 10.9 Å². The van der Waals surface area contributed by atoms with Crippen molar-refractivity contribution in [2.75, 3.05) is 0 Å². The summed E-state index contributed by atoms with van der Waals surface area (Å²) in [5.41, 5.74) is -2.55. The summed E-state index contributed by atoms with van der Waals surface area (Å²) in [6.07, 6.45) is -2.19. The number of amides is 1. The van der Waals surface area contributed by atoms with E-state index in [0.29, 0.717) is 16.4 Å². The maximum Gasteiger partial charge on any atom is 0.421 e. The Morgan fingerprint density at radius 2 is 2.05 bits per heavy atom. The molecule has 0 bridgehead atoms. The molecule has 2 heterocycles. The largest absolute Gasteiger partial charge is 0.467 e. The van der Waals surface area contributed by atoms with Crippen LogP contribution >= 0.6 is 0 Å². The van der Waals surface area contributed by atoms with Gasteiger partial charge in [-0.25, -0.2) is 0 Å². The molecule has 0 saturated carbocycles. The second-order valence-electron chi connectivity index (χ2n) is 4.21. The molecule has 2 rings (SSSR count). The van der Waals surface area contributed by atoms with Crippen LogP contribution in [-0.2, 0) is 24.1 Å². The van der Waals surface area contributed by atoms with Gasteiger partial charge in [0.2, 0.25) is 5.91 Å². The zero-order chi connectivity index (χ0) is 15.5. The number of nitrogens with one attached hydrogen (secondary N) is 1. The number of hydrogen-bond acceptors (Lipinski definition) is 3. The third-order valence-electron chi connectivity index (χ3n) is 2.68. The van der Waals surface area contributed by atoms with Gasteiger partial charge in [-0.3, -0.25) is 9.59 Å². The van der Waals surface area contributed by atoms with Crippen LogP contribution in [0.3, 0.4) is 0 Å². The molecule has 0 fully saturated rings. The van der Waals surface area contributed by atoms with Gasteiger partial charge in [0.05, 0.1) is 12.8 Å². The summed E-state index contributed by atoms with van der Waals surface area (Å²) in [4.78, 5) is 23.3. The van der Waals surface area contributed by atoms with Gasteiger partial charge in [-0.15, -0.1) is 0 Å². The number of rotatable bonds is 4. The number of carbonyl (C=O) groups is 1. The minimum Gasteiger partial charge on any atom is -0.467 e. The monoisotopic (exact) mass is 300 g/mol. The molecule has 0 aliphatic heterocycles. The molecule has 2 aromatic heterocycles. The van der Waals surface area contributed by atoms with Crippen LogP contribution in [0.4, 0.5) is 13.2 Å². The molecule has 2 aromatic rings. The number of alkyl halides is 3. The third kappa shape index (κ3) is 3.74. The molecular weight excluding hydrogens is 289 g/mol. The van der Waals surface area contributed by atoms with E-state index in [9.17, 15) is 22.8 Å². The molecule has 0 spiro atoms. The van der Waals surface area contributed by atoms with E-state index in [2.05, 4.69) is 5.32 Å². The highest BCUT2D eigenvalue weighted by atomic mass is 19.4. The van der Waals surface area contributed by atoms with Gasteiger partial charge in [0.1, 0.15) is 17.9 Å². The number of hydrogen-bond donors (Lipinski definition) is 1. The van der Waals surface area contributed by atoms with Crippen LogP contribution in [0.15, 0.2) is 45.9 Å². The lowest BCUT2D eigenvalue weighted by molar-refractivity contribution is -0.139. The topological polar surface area (TPSA) is 64.2 Å². The summed E-state index contributed by atoms with van der Waals surface area (Å²) in [5, 5.41) is 2.45. The molecule has 0 aliphatic carbocycles. The number of halogens is 3. The SMILES string of the molecule is O=C(Cn1cccc(C(F)(F)F)c1=O)NCc1ccco1. The molecular formula is C13H11F3N2O3. The molecule has 1 N–H and O–H groups in total. The van der Waals surface area contributed by atoms with E-state index < -0.39 is 29.8 Å². The van der Waals surface area contributed by atoms with Crippen LogP contribution in [-0.4, -0.2) is 10.5 Å². The van der Waals surface area contributed by atoms with Gasteiger partial charge < -0.3 is 14.3 Å². The Bertz CT molecular complexity index is 675. The molecule has 0 radical (unpaired) electrons. The summed E-state index contributed by atoms with van der Waals surface area (Å²) >= 11 is 0. The van der Waals surface area contributed by atoms with Crippen molar-refractivity contribution >= 4 is 5.91 Å². The van der Waals surface area contributed by atoms with Crippen LogP contribution in [0.5, 0.6) is 0 Å². The van der Waals surface area contributed by atoms with E-state index in [0.717, 1.165) is 12.3 Å². The second-order valence-corrected chi connectivity index (χ2v) is 4.21. The Hall–Kier alpha value is -2.51. The van der Waals surface area contributed by atoms with Crippen molar-refractivity contribution in [2.24, 2.45) is 0 Å². The molecule has 0 unspecified atom stereocenters. The van der Waals surface area contributed by atoms with Gasteiger partial charge >= 0.3 is 6.18 Å². The summed E-state index contributed by atoms with van der Waals surface area (Å²) in [6.45, 7) is -0.400. The average molecular weight is 300 g/mol. The Morgan fingerprint density at radius 3 is 2.67 bits per heavy atom. The van der Waals surface area contributed by atoms with Gasteiger partial charge in [-0.2, -0.15) is 13.2 Å². The van der Waals surface area contributed by atoms with Crippen LogP contribution in [0, 0.1) is 0 Å². The van der Waals surface area contributed by atoms with Crippen LogP contribution in [0.1, 0.15) is 11.3 Å². The van der Waals surface area contributed by atoms with E-state index >= 15 is 0 Å². The van der Waals surface area contributed by atoms with Gasteiger partial charge in [0, 0.05) is 6.20 Å². The summed E-state index contributed by atoms with van der Waals surface area (Å²) in [6, 6.07) is 5.03. The first kappa shape index (κ1) is 14.9. The molecule has 0 atom stereocenters. The van der Waals surface area contributed by atoms with Crippen molar-refractivity contribution < 1.29 is 22.4 Å². The van der Waals surface area contributed by atoms with Crippen molar-refractivity contribution in [3.05, 3.63) is 58.4 Å². The van der Waals surface area contributed by atoms with Crippen LogP contribution in [0.2, 0.25) is 0 Å². The molecule has 21 heavy (non-hydrogen) atoms. The smallest absolute Gasteiger partial charge is 0.421 e. The fraction of sp³-hybridized carbons (Fsp3) is 0.231. The standard InChI is InChI=1S/C13H11F3N2O3/c14-13(15,16)10-4-1-5-18(12(10)20)8-11(19)17-7-9-3-2-6-21-9/h1-6H,7-8H2,(H,17,19). The van der Waals surface area contributed by atoms with E-state index in [4.69, 9.17) is 4.42 Å². The van der Waals surface area contributed by atoms with E-state index in [1.807, 2.05) is 0 Å². The van der Waals surface area contributed by atoms with Gasteiger partial charge in [-0.05, 0) is 24.3 Å². The number of nitrogens with zero attached hydrogens (tertiary/aromatic N) is 1. The number of pyridine rings is 1. The van der Waals surface area contributed by atoms with Crippen molar-refractivity contribution in [3.8, 4) is 0 Å². The summed E-state index contributed by atoms with van der Waals surface area (Å²) < 4.78 is 43.4. The van der Waals surface area contributed by atoms with Crippen molar-refractivity contribution in [2.45, 2.75) is 19.3 Å².